The molecule has 3 rings (SSSR count). The van der Waals surface area contributed by atoms with Crippen LogP contribution in [-0.4, -0.2) is 71.9 Å². The van der Waals surface area contributed by atoms with Crippen molar-refractivity contribution < 1.29 is 37.7 Å². The average molecular weight is 868 g/mol. The van der Waals surface area contributed by atoms with Gasteiger partial charge in [0.2, 0.25) is 23.6 Å². The summed E-state index contributed by atoms with van der Waals surface area (Å²) < 4.78 is 23.1. The first-order chi connectivity index (χ1) is 29.5. The van der Waals surface area contributed by atoms with Crippen molar-refractivity contribution in [3.05, 3.63) is 60.3 Å². The Hall–Kier alpha value is -4.03. The summed E-state index contributed by atoms with van der Waals surface area (Å²) in [5.41, 5.74) is 3.80. The number of nitrogens with one attached hydrogen (secondary N) is 5. The lowest BCUT2D eigenvalue weighted by atomic mass is 9.97. The Kier molecular flexibility index (Phi) is 24.7. The molecule has 0 aliphatic carbocycles. The molecule has 0 radical (unpaired) electrons. The number of benzene rings is 2. The molecule has 14 heteroatoms. The van der Waals surface area contributed by atoms with E-state index < -0.39 is 38.3 Å². The average Bonchev–Trinajstić information content (AvgIpc) is 3.65. The largest absolute Gasteiger partial charge is 0.472 e. The van der Waals surface area contributed by atoms with Gasteiger partial charge in [-0.05, 0) is 47.6 Å². The lowest BCUT2D eigenvalue weighted by molar-refractivity contribution is -0.130. The Morgan fingerprint density at radius 2 is 1.33 bits per heavy atom. The van der Waals surface area contributed by atoms with Crippen molar-refractivity contribution in [1.82, 2.24) is 26.3 Å². The number of phosphoric acid groups is 1. The van der Waals surface area contributed by atoms with Crippen LogP contribution in [0.2, 0.25) is 0 Å². The molecule has 0 saturated carbocycles. The summed E-state index contributed by atoms with van der Waals surface area (Å²) in [4.78, 5) is 66.0. The van der Waals surface area contributed by atoms with Gasteiger partial charge in [0.25, 0.3) is 0 Å². The molecule has 2 aromatic carbocycles. The van der Waals surface area contributed by atoms with Gasteiger partial charge in [0, 0.05) is 36.6 Å². The summed E-state index contributed by atoms with van der Waals surface area (Å²) >= 11 is 0. The lowest BCUT2D eigenvalue weighted by Gasteiger charge is -2.24. The van der Waals surface area contributed by atoms with E-state index in [0.29, 0.717) is 19.4 Å². The molecule has 340 valence electrons. The number of phosphoric ester groups is 1. The van der Waals surface area contributed by atoms with Gasteiger partial charge in [0.05, 0.1) is 19.6 Å². The summed E-state index contributed by atoms with van der Waals surface area (Å²) in [5.74, 6) is -1.83. The van der Waals surface area contributed by atoms with Crippen molar-refractivity contribution in [2.24, 2.45) is 5.92 Å². The van der Waals surface area contributed by atoms with Gasteiger partial charge in [0.15, 0.2) is 0 Å². The zero-order valence-electron chi connectivity index (χ0n) is 37.2. The van der Waals surface area contributed by atoms with E-state index in [2.05, 4.69) is 33.2 Å². The smallest absolute Gasteiger partial charge is 0.361 e. The van der Waals surface area contributed by atoms with Gasteiger partial charge in [-0.15, -0.1) is 0 Å². The van der Waals surface area contributed by atoms with Gasteiger partial charge < -0.3 is 31.1 Å². The molecule has 0 saturated heterocycles. The molecule has 61 heavy (non-hydrogen) atoms. The molecule has 13 nitrogen and oxygen atoms in total. The number of hydrogen-bond acceptors (Lipinski definition) is 7. The second-order valence-electron chi connectivity index (χ2n) is 16.2. The zero-order valence-corrected chi connectivity index (χ0v) is 38.1. The van der Waals surface area contributed by atoms with Gasteiger partial charge in [0.1, 0.15) is 12.1 Å². The summed E-state index contributed by atoms with van der Waals surface area (Å²) in [5, 5.41) is 11.9. The molecule has 1 aromatic heterocycles. The third-order valence-corrected chi connectivity index (χ3v) is 12.1. The number of amides is 4. The van der Waals surface area contributed by atoms with Crippen molar-refractivity contribution >= 4 is 42.4 Å². The number of fused-ring (bicyclic) bond motifs is 1. The summed E-state index contributed by atoms with van der Waals surface area (Å²) in [6.45, 7) is 7.31. The van der Waals surface area contributed by atoms with E-state index >= 15 is 0 Å². The van der Waals surface area contributed by atoms with E-state index in [4.69, 9.17) is 9.05 Å². The molecule has 0 fully saturated rings. The van der Waals surface area contributed by atoms with Crippen LogP contribution in [0.5, 0.6) is 0 Å². The molecule has 0 aliphatic rings. The number of hydrogen-bond donors (Lipinski definition) is 6. The van der Waals surface area contributed by atoms with Crippen LogP contribution in [0, 0.1) is 5.92 Å². The second kappa shape index (κ2) is 29.3. The van der Waals surface area contributed by atoms with Gasteiger partial charge in [-0.2, -0.15) is 0 Å². The highest BCUT2D eigenvalue weighted by Gasteiger charge is 2.29. The lowest BCUT2D eigenvalue weighted by Crippen LogP contribution is -2.51. The zero-order chi connectivity index (χ0) is 44.3. The molecule has 1 heterocycles. The number of aromatic amines is 1. The quantitative estimate of drug-likeness (QED) is 0.0258. The van der Waals surface area contributed by atoms with Crippen LogP contribution in [-0.2, 0) is 39.2 Å². The number of carbonyl (C=O) groups excluding carboxylic acids is 4. The van der Waals surface area contributed by atoms with Crippen LogP contribution in [0.1, 0.15) is 142 Å². The van der Waals surface area contributed by atoms with Crippen LogP contribution >= 0.6 is 7.82 Å². The predicted molar refractivity (Wildman–Crippen MR) is 244 cm³/mol. The fourth-order valence-electron chi connectivity index (χ4n) is 7.15. The molecule has 0 aliphatic heterocycles. The molecule has 4 amide bonds. The Morgan fingerprint density at radius 1 is 0.705 bits per heavy atom. The van der Waals surface area contributed by atoms with E-state index in [9.17, 15) is 28.6 Å². The van der Waals surface area contributed by atoms with Crippen molar-refractivity contribution in [2.45, 2.75) is 155 Å². The Labute approximate surface area is 364 Å². The van der Waals surface area contributed by atoms with E-state index in [-0.39, 0.29) is 43.7 Å². The van der Waals surface area contributed by atoms with Crippen LogP contribution in [0.4, 0.5) is 0 Å². The molecule has 1 unspecified atom stereocenters. The van der Waals surface area contributed by atoms with Gasteiger partial charge >= 0.3 is 7.82 Å². The molecular weight excluding hydrogens is 794 g/mol. The Bertz CT molecular complexity index is 1790. The highest BCUT2D eigenvalue weighted by molar-refractivity contribution is 7.47. The van der Waals surface area contributed by atoms with Crippen LogP contribution in [0.15, 0.2) is 54.7 Å². The van der Waals surface area contributed by atoms with E-state index in [1.807, 2.05) is 69.3 Å². The standard InChI is InChI=1S/C47H74N5O8P/c1-5-8-10-11-12-13-14-15-16-17-18-19-23-26-43(53)51-42(46(55)48-29-9-6-2)35-60-61(57,58)59-31-30-49-47(56)45(36(4)7-3)52-44(54)33-39-34-50-41-28-27-38(32-40(39)41)37-24-21-20-22-25-37/h20-22,24-25,27-28,32,34,36,42,45,50H,5-19,23,26,29-31,33,35H2,1-4H3,(H,48,55)(H,49,56)(H,51,53)(H,52,54)(H,57,58)/t36-,42-,45-/m0/s1. The Balaban J connectivity index is 1.42. The van der Waals surface area contributed by atoms with Crippen LogP contribution in [0.3, 0.4) is 0 Å². The van der Waals surface area contributed by atoms with Gasteiger partial charge in [-0.3, -0.25) is 28.2 Å². The predicted octanol–water partition coefficient (Wildman–Crippen LogP) is 9.04. The molecule has 0 bridgehead atoms. The van der Waals surface area contributed by atoms with Crippen LogP contribution < -0.4 is 21.3 Å². The van der Waals surface area contributed by atoms with Crippen LogP contribution in [0.25, 0.3) is 22.0 Å². The third kappa shape index (κ3) is 20.1. The summed E-state index contributed by atoms with van der Waals surface area (Å²) in [6.07, 6.45) is 19.8. The first-order valence-corrected chi connectivity index (χ1v) is 24.4. The molecule has 6 N–H and O–H groups in total. The summed E-state index contributed by atoms with van der Waals surface area (Å²) in [6, 6.07) is 14.0. The molecule has 3 aromatic rings. The number of rotatable bonds is 33. The van der Waals surface area contributed by atoms with E-state index in [0.717, 1.165) is 59.7 Å². The maximum absolute atomic E-state index is 13.3. The van der Waals surface area contributed by atoms with E-state index in [1.54, 1.807) is 6.20 Å². The normalized spacial score (nSPS) is 13.9. The van der Waals surface area contributed by atoms with Gasteiger partial charge in [-0.1, -0.05) is 154 Å². The fraction of sp³-hybridized carbons (Fsp3) is 0.617. The maximum atomic E-state index is 13.3. The van der Waals surface area contributed by atoms with Crippen molar-refractivity contribution in [1.29, 1.82) is 0 Å². The number of unbranched alkanes of at least 4 members (excludes halogenated alkanes) is 13. The maximum Gasteiger partial charge on any atom is 0.472 e. The van der Waals surface area contributed by atoms with Gasteiger partial charge in [-0.25, -0.2) is 4.57 Å². The molecular formula is C47H74N5O8P. The number of aromatic nitrogens is 1. The Morgan fingerprint density at radius 3 is 1.97 bits per heavy atom. The first-order valence-electron chi connectivity index (χ1n) is 22.9. The minimum atomic E-state index is -4.68. The van der Waals surface area contributed by atoms with Crippen molar-refractivity contribution in [3.8, 4) is 11.1 Å². The molecule has 0 spiro atoms. The molecule has 4 atom stereocenters. The van der Waals surface area contributed by atoms with E-state index in [1.165, 1.54) is 57.8 Å². The highest BCUT2D eigenvalue weighted by atomic mass is 31.2. The monoisotopic (exact) mass is 868 g/mol. The fourth-order valence-corrected chi connectivity index (χ4v) is 7.88. The van der Waals surface area contributed by atoms with Crippen molar-refractivity contribution in [2.75, 3.05) is 26.3 Å². The first kappa shape index (κ1) is 51.3. The minimum absolute atomic E-state index is 0.0596. The highest BCUT2D eigenvalue weighted by Crippen LogP contribution is 2.43. The third-order valence-electron chi connectivity index (χ3n) is 11.1. The number of H-pyrrole nitrogens is 1. The number of carbonyl (C=O) groups is 4. The second-order valence-corrected chi connectivity index (χ2v) is 17.6. The van der Waals surface area contributed by atoms with Crippen molar-refractivity contribution in [3.63, 3.8) is 0 Å². The SMILES string of the molecule is CCCCCCCCCCCCCCCC(=O)N[C@@H](COP(=O)(O)OCCNC(=O)[C@@H](NC(=O)Cc1c[nH]c2ccc(-c3ccccc3)cc12)[C@@H](C)CC)C(=O)NCCCC. The topological polar surface area (TPSA) is 188 Å². The minimum Gasteiger partial charge on any atom is -0.361 e. The summed E-state index contributed by atoms with van der Waals surface area (Å²) in [7, 11) is -4.68.